The Bertz CT molecular complexity index is 320. The summed E-state index contributed by atoms with van der Waals surface area (Å²) in [6.07, 6.45) is 0. The van der Waals surface area contributed by atoms with Gasteiger partial charge >= 0.3 is 0 Å². The summed E-state index contributed by atoms with van der Waals surface area (Å²) in [6, 6.07) is 0. The monoisotopic (exact) mass is 236 g/mol. The maximum atomic E-state index is 11.3. The lowest BCUT2D eigenvalue weighted by Gasteiger charge is -2.15. The number of nitrogens with two attached hydrogens (primary N) is 1. The quantitative estimate of drug-likeness (QED) is 0.801. The molecule has 0 saturated carbocycles. The molecule has 0 aliphatic carbocycles. The van der Waals surface area contributed by atoms with Crippen molar-refractivity contribution < 1.29 is 4.79 Å². The van der Waals surface area contributed by atoms with E-state index in [2.05, 4.69) is 15.5 Å². The second-order valence-electron chi connectivity index (χ2n) is 3.30. The van der Waals surface area contributed by atoms with Crippen LogP contribution in [0.25, 0.3) is 0 Å². The fourth-order valence-electron chi connectivity index (χ4n) is 0.605. The van der Waals surface area contributed by atoms with Crippen LogP contribution in [0.4, 0.5) is 5.13 Å². The van der Waals surface area contributed by atoms with Crippen LogP contribution in [-0.2, 0) is 4.79 Å². The van der Waals surface area contributed by atoms with Gasteiger partial charge in [0.15, 0.2) is 0 Å². The summed E-state index contributed by atoms with van der Waals surface area (Å²) >= 11 is 1.32. The van der Waals surface area contributed by atoms with E-state index >= 15 is 0 Å². The second-order valence-corrected chi connectivity index (χ2v) is 4.48. The van der Waals surface area contributed by atoms with Crippen molar-refractivity contribution in [3.63, 3.8) is 0 Å². The maximum Gasteiger partial charge on any atom is 0.245 e. The zero-order valence-electron chi connectivity index (χ0n) is 8.20. The Morgan fingerprint density at radius 1 is 1.50 bits per heavy atom. The molecule has 0 aliphatic heterocycles. The maximum absolute atomic E-state index is 11.3. The Labute approximate surface area is 92.5 Å². The van der Waals surface area contributed by atoms with E-state index in [-0.39, 0.29) is 18.3 Å². The first-order chi connectivity index (χ1) is 5.89. The van der Waals surface area contributed by atoms with E-state index in [9.17, 15) is 4.79 Å². The number of amides is 1. The number of hydrogen-bond acceptors (Lipinski definition) is 5. The van der Waals surface area contributed by atoms with Gasteiger partial charge in [0.05, 0.1) is 5.54 Å². The van der Waals surface area contributed by atoms with Crippen LogP contribution in [0, 0.1) is 6.92 Å². The number of anilines is 1. The highest BCUT2D eigenvalue weighted by Gasteiger charge is 2.22. The molecule has 0 bridgehead atoms. The topological polar surface area (TPSA) is 80.9 Å². The number of nitrogens with zero attached hydrogens (tertiary/aromatic N) is 2. The van der Waals surface area contributed by atoms with E-state index in [1.54, 1.807) is 13.8 Å². The van der Waals surface area contributed by atoms with Gasteiger partial charge in [-0.2, -0.15) is 0 Å². The Kier molecular flexibility index (Phi) is 4.44. The molecule has 14 heavy (non-hydrogen) atoms. The lowest BCUT2D eigenvalue weighted by atomic mass is 10.1. The summed E-state index contributed by atoms with van der Waals surface area (Å²) in [6.45, 7) is 5.09. The van der Waals surface area contributed by atoms with Crippen molar-refractivity contribution >= 4 is 34.8 Å². The fourth-order valence-corrected chi connectivity index (χ4v) is 1.19. The smallest absolute Gasteiger partial charge is 0.245 e. The van der Waals surface area contributed by atoms with Gasteiger partial charge in [0.25, 0.3) is 0 Å². The predicted octanol–water partition coefficient (Wildman–Crippen LogP) is 0.944. The van der Waals surface area contributed by atoms with Gasteiger partial charge in [-0.1, -0.05) is 11.3 Å². The Balaban J connectivity index is 0.00000169. The summed E-state index contributed by atoms with van der Waals surface area (Å²) in [4.78, 5) is 11.3. The molecule has 0 spiro atoms. The van der Waals surface area contributed by atoms with Crippen molar-refractivity contribution in [3.05, 3.63) is 5.01 Å². The minimum Gasteiger partial charge on any atom is -0.318 e. The lowest BCUT2D eigenvalue weighted by molar-refractivity contribution is -0.120. The zero-order valence-corrected chi connectivity index (χ0v) is 9.83. The first kappa shape index (κ1) is 13.3. The van der Waals surface area contributed by atoms with Crippen molar-refractivity contribution in [2.75, 3.05) is 5.32 Å². The zero-order chi connectivity index (χ0) is 10.1. The van der Waals surface area contributed by atoms with Gasteiger partial charge in [0, 0.05) is 0 Å². The molecule has 0 saturated heterocycles. The summed E-state index contributed by atoms with van der Waals surface area (Å²) in [5.74, 6) is -0.261. The van der Waals surface area contributed by atoms with Crippen LogP contribution in [0.2, 0.25) is 0 Å². The van der Waals surface area contributed by atoms with Crippen LogP contribution in [0.5, 0.6) is 0 Å². The molecule has 5 nitrogen and oxygen atoms in total. The Morgan fingerprint density at radius 2 is 2.07 bits per heavy atom. The SMILES string of the molecule is Cc1nnc(NC(=O)C(C)(C)N)s1.Cl. The highest BCUT2D eigenvalue weighted by molar-refractivity contribution is 7.15. The summed E-state index contributed by atoms with van der Waals surface area (Å²) in [5, 5.41) is 11.4. The molecule has 7 heteroatoms. The molecule has 1 amide bonds. The normalized spacial score (nSPS) is 10.6. The Hall–Kier alpha value is -0.720. The van der Waals surface area contributed by atoms with Crippen molar-refractivity contribution in [2.45, 2.75) is 26.3 Å². The van der Waals surface area contributed by atoms with E-state index in [1.807, 2.05) is 6.92 Å². The van der Waals surface area contributed by atoms with Gasteiger partial charge in [-0.25, -0.2) is 0 Å². The third-order valence-corrected chi connectivity index (χ3v) is 2.09. The van der Waals surface area contributed by atoms with Crippen LogP contribution in [-0.4, -0.2) is 21.6 Å². The standard InChI is InChI=1S/C7H12N4OS.ClH/c1-4-10-11-6(13-4)9-5(12)7(2,3)8;/h8H2,1-3H3,(H,9,11,12);1H. The molecular weight excluding hydrogens is 224 g/mol. The lowest BCUT2D eigenvalue weighted by Crippen LogP contribution is -2.45. The molecule has 1 aromatic rings. The highest BCUT2D eigenvalue weighted by atomic mass is 35.5. The average molecular weight is 237 g/mol. The van der Waals surface area contributed by atoms with E-state index in [0.29, 0.717) is 5.13 Å². The van der Waals surface area contributed by atoms with Crippen molar-refractivity contribution in [1.29, 1.82) is 0 Å². The second kappa shape index (κ2) is 4.68. The van der Waals surface area contributed by atoms with Crippen LogP contribution in [0.3, 0.4) is 0 Å². The Morgan fingerprint density at radius 3 is 2.43 bits per heavy atom. The first-order valence-electron chi connectivity index (χ1n) is 3.80. The van der Waals surface area contributed by atoms with Crippen molar-refractivity contribution in [1.82, 2.24) is 10.2 Å². The van der Waals surface area contributed by atoms with Crippen molar-refractivity contribution in [3.8, 4) is 0 Å². The molecule has 1 rings (SSSR count). The minimum absolute atomic E-state index is 0. The van der Waals surface area contributed by atoms with Gasteiger partial charge in [-0.05, 0) is 20.8 Å². The number of carbonyl (C=O) groups excluding carboxylic acids is 1. The van der Waals surface area contributed by atoms with Gasteiger partial charge < -0.3 is 5.73 Å². The minimum atomic E-state index is -0.889. The number of aromatic nitrogens is 2. The molecular formula is C7H13ClN4OS. The van der Waals surface area contributed by atoms with Gasteiger partial charge in [0.1, 0.15) is 5.01 Å². The fraction of sp³-hybridized carbons (Fsp3) is 0.571. The first-order valence-corrected chi connectivity index (χ1v) is 4.61. The molecule has 0 radical (unpaired) electrons. The van der Waals surface area contributed by atoms with Gasteiger partial charge in [-0.15, -0.1) is 22.6 Å². The van der Waals surface area contributed by atoms with Crippen LogP contribution in [0.15, 0.2) is 0 Å². The molecule has 3 N–H and O–H groups in total. The largest absolute Gasteiger partial charge is 0.318 e. The number of halogens is 1. The van der Waals surface area contributed by atoms with E-state index < -0.39 is 5.54 Å². The van der Waals surface area contributed by atoms with Crippen LogP contribution < -0.4 is 11.1 Å². The number of rotatable bonds is 2. The molecule has 1 heterocycles. The highest BCUT2D eigenvalue weighted by Crippen LogP contribution is 2.14. The van der Waals surface area contributed by atoms with Crippen LogP contribution >= 0.6 is 23.7 Å². The number of nitrogens with one attached hydrogen (secondary N) is 1. The molecule has 0 atom stereocenters. The van der Waals surface area contributed by atoms with Gasteiger partial charge in [0.2, 0.25) is 11.0 Å². The van der Waals surface area contributed by atoms with Gasteiger partial charge in [-0.3, -0.25) is 10.1 Å². The summed E-state index contributed by atoms with van der Waals surface area (Å²) in [5.41, 5.74) is 4.69. The molecule has 0 unspecified atom stereocenters. The summed E-state index contributed by atoms with van der Waals surface area (Å²) in [7, 11) is 0. The van der Waals surface area contributed by atoms with Crippen LogP contribution in [0.1, 0.15) is 18.9 Å². The molecule has 80 valence electrons. The number of aryl methyl sites for hydroxylation is 1. The third kappa shape index (κ3) is 3.57. The van der Waals surface area contributed by atoms with E-state index in [0.717, 1.165) is 5.01 Å². The van der Waals surface area contributed by atoms with E-state index in [4.69, 9.17) is 5.73 Å². The third-order valence-electron chi connectivity index (χ3n) is 1.33. The number of hydrogen-bond donors (Lipinski definition) is 2. The molecule has 0 fully saturated rings. The molecule has 0 aliphatic rings. The molecule has 0 aromatic carbocycles. The summed E-state index contributed by atoms with van der Waals surface area (Å²) < 4.78 is 0. The number of carbonyl (C=O) groups is 1. The average Bonchev–Trinajstić information content (AvgIpc) is 2.33. The molecule has 1 aromatic heterocycles. The van der Waals surface area contributed by atoms with Crippen molar-refractivity contribution in [2.24, 2.45) is 5.73 Å². The van der Waals surface area contributed by atoms with E-state index in [1.165, 1.54) is 11.3 Å². The predicted molar refractivity (Wildman–Crippen MR) is 58.8 cm³/mol.